The van der Waals surface area contributed by atoms with Crippen molar-refractivity contribution >= 4 is 35.1 Å². The van der Waals surface area contributed by atoms with Crippen LogP contribution in [0.4, 0.5) is 4.79 Å². The van der Waals surface area contributed by atoms with Gasteiger partial charge in [-0.25, -0.2) is 4.79 Å². The summed E-state index contributed by atoms with van der Waals surface area (Å²) in [5, 5.41) is 7.91. The van der Waals surface area contributed by atoms with Crippen LogP contribution in [0.5, 0.6) is 0 Å². The lowest BCUT2D eigenvalue weighted by Crippen LogP contribution is -2.87. The number of imide groups is 1. The van der Waals surface area contributed by atoms with Crippen LogP contribution in [0.2, 0.25) is 10.0 Å². The SMILES string of the molecule is CC(C)CCNC(=O)NC(=O)C[NH2+][C@@H](C)c1ccc(Cl)cc1Cl. The molecule has 7 heteroatoms. The number of rotatable bonds is 7. The Morgan fingerprint density at radius 1 is 1.22 bits per heavy atom. The van der Waals surface area contributed by atoms with Gasteiger partial charge in [0.25, 0.3) is 5.91 Å². The van der Waals surface area contributed by atoms with E-state index in [4.69, 9.17) is 23.2 Å². The van der Waals surface area contributed by atoms with Crippen LogP contribution in [-0.2, 0) is 4.79 Å². The van der Waals surface area contributed by atoms with Crippen molar-refractivity contribution in [1.82, 2.24) is 10.6 Å². The van der Waals surface area contributed by atoms with Crippen molar-refractivity contribution in [2.24, 2.45) is 5.92 Å². The lowest BCUT2D eigenvalue weighted by Gasteiger charge is -2.13. The number of carbonyl (C=O) groups is 2. The fourth-order valence-electron chi connectivity index (χ4n) is 1.98. The molecule has 23 heavy (non-hydrogen) atoms. The molecule has 0 fully saturated rings. The minimum atomic E-state index is -0.457. The molecule has 0 bridgehead atoms. The van der Waals surface area contributed by atoms with Crippen molar-refractivity contribution in [2.75, 3.05) is 13.1 Å². The largest absolute Gasteiger partial charge is 0.338 e. The maximum atomic E-state index is 11.8. The summed E-state index contributed by atoms with van der Waals surface area (Å²) in [5.41, 5.74) is 0.894. The molecule has 1 aromatic carbocycles. The number of halogens is 2. The number of hydrogen-bond donors (Lipinski definition) is 3. The van der Waals surface area contributed by atoms with Gasteiger partial charge in [0, 0.05) is 17.1 Å². The van der Waals surface area contributed by atoms with E-state index in [1.165, 1.54) is 0 Å². The van der Waals surface area contributed by atoms with E-state index in [1.54, 1.807) is 12.1 Å². The van der Waals surface area contributed by atoms with Crippen molar-refractivity contribution in [1.29, 1.82) is 0 Å². The van der Waals surface area contributed by atoms with Gasteiger partial charge in [0.05, 0.1) is 5.02 Å². The summed E-state index contributed by atoms with van der Waals surface area (Å²) >= 11 is 12.0. The molecule has 1 aromatic rings. The molecule has 1 atom stereocenters. The highest BCUT2D eigenvalue weighted by Crippen LogP contribution is 2.24. The van der Waals surface area contributed by atoms with Gasteiger partial charge < -0.3 is 10.6 Å². The van der Waals surface area contributed by atoms with Gasteiger partial charge in [-0.3, -0.25) is 10.1 Å². The fraction of sp³-hybridized carbons (Fsp3) is 0.500. The molecule has 0 radical (unpaired) electrons. The van der Waals surface area contributed by atoms with Gasteiger partial charge >= 0.3 is 6.03 Å². The third-order valence-corrected chi connectivity index (χ3v) is 3.93. The zero-order valence-electron chi connectivity index (χ0n) is 13.7. The van der Waals surface area contributed by atoms with E-state index in [9.17, 15) is 9.59 Å². The maximum absolute atomic E-state index is 11.8. The van der Waals surface area contributed by atoms with E-state index in [0.717, 1.165) is 12.0 Å². The second kappa shape index (κ2) is 9.75. The minimum Gasteiger partial charge on any atom is -0.338 e. The molecule has 0 spiro atoms. The molecule has 1 rings (SSSR count). The maximum Gasteiger partial charge on any atom is 0.321 e. The lowest BCUT2D eigenvalue weighted by atomic mass is 10.1. The monoisotopic (exact) mass is 360 g/mol. The number of hydrogen-bond acceptors (Lipinski definition) is 2. The lowest BCUT2D eigenvalue weighted by molar-refractivity contribution is -0.682. The third kappa shape index (κ3) is 7.68. The molecule has 0 saturated heterocycles. The summed E-state index contributed by atoms with van der Waals surface area (Å²) in [4.78, 5) is 23.3. The van der Waals surface area contributed by atoms with Gasteiger partial charge in [-0.1, -0.05) is 43.1 Å². The topological polar surface area (TPSA) is 74.8 Å². The summed E-state index contributed by atoms with van der Waals surface area (Å²) in [6.07, 6.45) is 0.875. The van der Waals surface area contributed by atoms with Crippen LogP contribution in [0.3, 0.4) is 0 Å². The first-order valence-electron chi connectivity index (χ1n) is 7.65. The number of urea groups is 1. The molecule has 5 nitrogen and oxygen atoms in total. The Hall–Kier alpha value is -1.30. The van der Waals surface area contributed by atoms with Gasteiger partial charge in [0.15, 0.2) is 6.54 Å². The predicted molar refractivity (Wildman–Crippen MR) is 92.7 cm³/mol. The molecule has 128 valence electrons. The molecule has 0 unspecified atom stereocenters. The first-order chi connectivity index (χ1) is 10.8. The first kappa shape index (κ1) is 19.7. The first-order valence-corrected chi connectivity index (χ1v) is 8.41. The molecular formula is C16H24Cl2N3O2+. The van der Waals surface area contributed by atoms with Gasteiger partial charge in [-0.2, -0.15) is 0 Å². The highest BCUT2D eigenvalue weighted by atomic mass is 35.5. The second-order valence-corrected chi connectivity index (χ2v) is 6.72. The third-order valence-electron chi connectivity index (χ3n) is 3.37. The van der Waals surface area contributed by atoms with E-state index < -0.39 is 6.03 Å². The van der Waals surface area contributed by atoms with Crippen LogP contribution in [0.1, 0.15) is 38.8 Å². The van der Waals surface area contributed by atoms with Crippen molar-refractivity contribution in [3.63, 3.8) is 0 Å². The van der Waals surface area contributed by atoms with Crippen molar-refractivity contribution in [3.05, 3.63) is 33.8 Å². The highest BCUT2D eigenvalue weighted by Gasteiger charge is 2.16. The van der Waals surface area contributed by atoms with E-state index in [0.29, 0.717) is 22.5 Å². The molecule has 3 amide bonds. The highest BCUT2D eigenvalue weighted by molar-refractivity contribution is 6.35. The van der Waals surface area contributed by atoms with Gasteiger partial charge in [-0.05, 0) is 31.4 Å². The van der Waals surface area contributed by atoms with Crippen LogP contribution in [-0.4, -0.2) is 25.0 Å². The number of quaternary nitrogens is 1. The predicted octanol–water partition coefficient (Wildman–Crippen LogP) is 2.49. The molecule has 0 aromatic heterocycles. The van der Waals surface area contributed by atoms with Crippen LogP contribution >= 0.6 is 23.2 Å². The second-order valence-electron chi connectivity index (χ2n) is 5.88. The zero-order chi connectivity index (χ0) is 17.4. The van der Waals surface area contributed by atoms with Crippen molar-refractivity contribution in [2.45, 2.75) is 33.2 Å². The zero-order valence-corrected chi connectivity index (χ0v) is 15.2. The summed E-state index contributed by atoms with van der Waals surface area (Å²) in [6.45, 7) is 6.77. The summed E-state index contributed by atoms with van der Waals surface area (Å²) in [6, 6.07) is 4.79. The summed E-state index contributed by atoms with van der Waals surface area (Å²) in [5.74, 6) is 0.160. The summed E-state index contributed by atoms with van der Waals surface area (Å²) < 4.78 is 0. The van der Waals surface area contributed by atoms with E-state index in [2.05, 4.69) is 24.5 Å². The van der Waals surface area contributed by atoms with Crippen molar-refractivity contribution < 1.29 is 14.9 Å². The standard InChI is InChI=1S/C16H23Cl2N3O2/c1-10(2)6-7-19-16(23)21-15(22)9-20-11(3)13-5-4-12(17)8-14(13)18/h4-5,8,10-11,20H,6-7,9H2,1-3H3,(H2,19,21,22,23)/p+1/t11-/m0/s1. The van der Waals surface area contributed by atoms with Gasteiger partial charge in [-0.15, -0.1) is 0 Å². The number of benzene rings is 1. The molecule has 4 N–H and O–H groups in total. The number of nitrogens with two attached hydrogens (primary N) is 1. The van der Waals surface area contributed by atoms with E-state index >= 15 is 0 Å². The van der Waals surface area contributed by atoms with E-state index in [1.807, 2.05) is 18.3 Å². The smallest absolute Gasteiger partial charge is 0.321 e. The molecule has 0 aliphatic heterocycles. The Kier molecular flexibility index (Phi) is 8.37. The number of carbonyl (C=O) groups excluding carboxylic acids is 2. The Bertz CT molecular complexity index is 550. The molecular weight excluding hydrogens is 337 g/mol. The Morgan fingerprint density at radius 3 is 2.52 bits per heavy atom. The average molecular weight is 361 g/mol. The number of amides is 3. The Balaban J connectivity index is 2.36. The minimum absolute atomic E-state index is 0.0190. The van der Waals surface area contributed by atoms with Crippen LogP contribution in [0, 0.1) is 5.92 Å². The van der Waals surface area contributed by atoms with Crippen LogP contribution in [0.15, 0.2) is 18.2 Å². The van der Waals surface area contributed by atoms with E-state index in [-0.39, 0.29) is 18.5 Å². The molecule has 0 heterocycles. The van der Waals surface area contributed by atoms with Crippen LogP contribution in [0.25, 0.3) is 0 Å². The Morgan fingerprint density at radius 2 is 1.91 bits per heavy atom. The molecule has 0 aliphatic carbocycles. The van der Waals surface area contributed by atoms with Crippen LogP contribution < -0.4 is 16.0 Å². The van der Waals surface area contributed by atoms with Gasteiger partial charge in [0.2, 0.25) is 0 Å². The van der Waals surface area contributed by atoms with Gasteiger partial charge in [0.1, 0.15) is 6.04 Å². The fourth-order valence-corrected chi connectivity index (χ4v) is 2.56. The average Bonchev–Trinajstić information content (AvgIpc) is 2.44. The molecule has 0 aliphatic rings. The number of nitrogens with one attached hydrogen (secondary N) is 2. The Labute approximate surface area is 147 Å². The normalized spacial score (nSPS) is 12.1. The molecule has 0 saturated carbocycles. The quantitative estimate of drug-likeness (QED) is 0.698. The summed E-state index contributed by atoms with van der Waals surface area (Å²) in [7, 11) is 0. The van der Waals surface area contributed by atoms with Crippen molar-refractivity contribution in [3.8, 4) is 0 Å².